The SMILES string of the molecule is CN(C)c1cc(C(=O)N[C@H](CCC(N)=O)C(=O)O)ccn1. The fraction of sp³-hybridized carbons (Fsp3) is 0.385. The summed E-state index contributed by atoms with van der Waals surface area (Å²) in [5.41, 5.74) is 5.27. The van der Waals surface area contributed by atoms with Gasteiger partial charge in [0.15, 0.2) is 0 Å². The van der Waals surface area contributed by atoms with Gasteiger partial charge in [-0.3, -0.25) is 9.59 Å². The number of amides is 2. The molecule has 0 unspecified atom stereocenters. The number of pyridine rings is 1. The van der Waals surface area contributed by atoms with Gasteiger partial charge in [-0.1, -0.05) is 0 Å². The molecule has 1 heterocycles. The lowest BCUT2D eigenvalue weighted by Crippen LogP contribution is -2.41. The zero-order chi connectivity index (χ0) is 16.0. The lowest BCUT2D eigenvalue weighted by molar-refractivity contribution is -0.139. The van der Waals surface area contributed by atoms with Crippen LogP contribution in [0.15, 0.2) is 18.3 Å². The third kappa shape index (κ3) is 5.09. The molecule has 0 spiro atoms. The summed E-state index contributed by atoms with van der Waals surface area (Å²) in [6.45, 7) is 0. The number of hydrogen-bond acceptors (Lipinski definition) is 5. The Labute approximate surface area is 121 Å². The van der Waals surface area contributed by atoms with Gasteiger partial charge < -0.3 is 21.1 Å². The average Bonchev–Trinajstić information content (AvgIpc) is 2.42. The van der Waals surface area contributed by atoms with E-state index in [4.69, 9.17) is 10.8 Å². The van der Waals surface area contributed by atoms with Crippen molar-refractivity contribution in [1.82, 2.24) is 10.3 Å². The molecule has 0 fully saturated rings. The highest BCUT2D eigenvalue weighted by Crippen LogP contribution is 2.10. The van der Waals surface area contributed by atoms with Crippen LogP contribution in [0.2, 0.25) is 0 Å². The summed E-state index contributed by atoms with van der Waals surface area (Å²) in [6.07, 6.45) is 1.29. The molecule has 1 aromatic heterocycles. The molecule has 8 nitrogen and oxygen atoms in total. The van der Waals surface area contributed by atoms with Gasteiger partial charge in [0, 0.05) is 32.3 Å². The van der Waals surface area contributed by atoms with Crippen LogP contribution >= 0.6 is 0 Å². The van der Waals surface area contributed by atoms with E-state index in [9.17, 15) is 14.4 Å². The number of carbonyl (C=O) groups is 3. The molecular formula is C13H18N4O4. The highest BCUT2D eigenvalue weighted by atomic mass is 16.4. The average molecular weight is 294 g/mol. The number of anilines is 1. The van der Waals surface area contributed by atoms with Gasteiger partial charge in [0.1, 0.15) is 11.9 Å². The van der Waals surface area contributed by atoms with Crippen LogP contribution in [0.25, 0.3) is 0 Å². The van der Waals surface area contributed by atoms with Crippen LogP contribution in [0.5, 0.6) is 0 Å². The Hall–Kier alpha value is -2.64. The Morgan fingerprint density at radius 2 is 2.10 bits per heavy atom. The smallest absolute Gasteiger partial charge is 0.326 e. The molecule has 2 amide bonds. The largest absolute Gasteiger partial charge is 0.480 e. The number of carboxylic acid groups (broad SMARTS) is 1. The first-order valence-electron chi connectivity index (χ1n) is 6.26. The molecule has 1 atom stereocenters. The van der Waals surface area contributed by atoms with E-state index in [1.54, 1.807) is 25.1 Å². The van der Waals surface area contributed by atoms with Crippen LogP contribution in [0.3, 0.4) is 0 Å². The Bertz CT molecular complexity index is 545. The monoisotopic (exact) mass is 294 g/mol. The third-order valence-corrected chi connectivity index (χ3v) is 2.75. The van der Waals surface area contributed by atoms with Gasteiger partial charge in [-0.2, -0.15) is 0 Å². The fourth-order valence-corrected chi connectivity index (χ4v) is 1.59. The number of primary amides is 1. The number of rotatable bonds is 7. The molecular weight excluding hydrogens is 276 g/mol. The molecule has 114 valence electrons. The Morgan fingerprint density at radius 1 is 1.43 bits per heavy atom. The molecule has 0 saturated heterocycles. The van der Waals surface area contributed by atoms with Crippen molar-refractivity contribution in [2.45, 2.75) is 18.9 Å². The van der Waals surface area contributed by atoms with Crippen LogP contribution in [0, 0.1) is 0 Å². The summed E-state index contributed by atoms with van der Waals surface area (Å²) in [6, 6.07) is 1.86. The number of aliphatic carboxylic acids is 1. The first-order chi connectivity index (χ1) is 9.81. The minimum atomic E-state index is -1.22. The van der Waals surface area contributed by atoms with Crippen molar-refractivity contribution in [3.63, 3.8) is 0 Å². The number of hydrogen-bond donors (Lipinski definition) is 3. The number of aromatic nitrogens is 1. The van der Waals surface area contributed by atoms with Crippen LogP contribution in [0.1, 0.15) is 23.2 Å². The van der Waals surface area contributed by atoms with Crippen LogP contribution in [0.4, 0.5) is 5.82 Å². The second kappa shape index (κ2) is 7.22. The molecule has 0 aliphatic rings. The van der Waals surface area contributed by atoms with Crippen molar-refractivity contribution in [3.8, 4) is 0 Å². The maximum Gasteiger partial charge on any atom is 0.326 e. The summed E-state index contributed by atoms with van der Waals surface area (Å²) in [5.74, 6) is -1.80. The lowest BCUT2D eigenvalue weighted by atomic mass is 10.1. The molecule has 0 saturated carbocycles. The van der Waals surface area contributed by atoms with E-state index in [2.05, 4.69) is 10.3 Å². The van der Waals surface area contributed by atoms with Gasteiger partial charge in [0.25, 0.3) is 5.91 Å². The first-order valence-corrected chi connectivity index (χ1v) is 6.26. The molecule has 0 aliphatic carbocycles. The van der Waals surface area contributed by atoms with Gasteiger partial charge in [-0.25, -0.2) is 9.78 Å². The topological polar surface area (TPSA) is 126 Å². The minimum absolute atomic E-state index is 0.0535. The van der Waals surface area contributed by atoms with Gasteiger partial charge in [-0.15, -0.1) is 0 Å². The zero-order valence-electron chi connectivity index (χ0n) is 11.9. The molecule has 0 bridgehead atoms. The number of nitrogens with zero attached hydrogens (tertiary/aromatic N) is 2. The second-order valence-electron chi connectivity index (χ2n) is 4.67. The van der Waals surface area contributed by atoms with Gasteiger partial charge >= 0.3 is 5.97 Å². The molecule has 0 aliphatic heterocycles. The summed E-state index contributed by atoms with van der Waals surface area (Å²) < 4.78 is 0. The van der Waals surface area contributed by atoms with Crippen molar-refractivity contribution in [3.05, 3.63) is 23.9 Å². The van der Waals surface area contributed by atoms with Gasteiger partial charge in [-0.05, 0) is 18.6 Å². The predicted molar refractivity (Wildman–Crippen MR) is 75.9 cm³/mol. The third-order valence-electron chi connectivity index (χ3n) is 2.75. The molecule has 1 rings (SSSR count). The maximum absolute atomic E-state index is 12.0. The normalized spacial score (nSPS) is 11.5. The van der Waals surface area contributed by atoms with E-state index in [1.165, 1.54) is 12.3 Å². The van der Waals surface area contributed by atoms with Gasteiger partial charge in [0.05, 0.1) is 0 Å². The van der Waals surface area contributed by atoms with E-state index in [0.29, 0.717) is 11.4 Å². The van der Waals surface area contributed by atoms with Crippen molar-refractivity contribution < 1.29 is 19.5 Å². The predicted octanol–water partition coefficient (Wildman–Crippen LogP) is -0.404. The van der Waals surface area contributed by atoms with Crippen molar-refractivity contribution in [1.29, 1.82) is 0 Å². The standard InChI is InChI=1S/C13H18N4O4/c1-17(2)11-7-8(5-6-15-11)12(19)16-9(13(20)21)3-4-10(14)18/h5-7,9H,3-4H2,1-2H3,(H2,14,18)(H,16,19)(H,20,21)/t9-/m1/s1. The number of carboxylic acids is 1. The minimum Gasteiger partial charge on any atom is -0.480 e. The van der Waals surface area contributed by atoms with Crippen molar-refractivity contribution >= 4 is 23.6 Å². The lowest BCUT2D eigenvalue weighted by Gasteiger charge is -2.15. The molecule has 0 radical (unpaired) electrons. The van der Waals surface area contributed by atoms with Crippen LogP contribution in [-0.4, -0.2) is 48.0 Å². The molecule has 1 aromatic rings. The van der Waals surface area contributed by atoms with E-state index >= 15 is 0 Å². The summed E-state index contributed by atoms with van der Waals surface area (Å²) >= 11 is 0. The number of nitrogens with two attached hydrogens (primary N) is 1. The highest BCUT2D eigenvalue weighted by molar-refractivity contribution is 5.97. The van der Waals surface area contributed by atoms with E-state index < -0.39 is 23.8 Å². The Kier molecular flexibility index (Phi) is 5.65. The summed E-state index contributed by atoms with van der Waals surface area (Å²) in [5, 5.41) is 11.4. The zero-order valence-corrected chi connectivity index (χ0v) is 11.9. The highest BCUT2D eigenvalue weighted by Gasteiger charge is 2.21. The van der Waals surface area contributed by atoms with Crippen molar-refractivity contribution in [2.75, 3.05) is 19.0 Å². The molecule has 0 aromatic carbocycles. The molecule has 8 heteroatoms. The van der Waals surface area contributed by atoms with E-state index in [0.717, 1.165) is 0 Å². The first kappa shape index (κ1) is 16.4. The van der Waals surface area contributed by atoms with E-state index in [-0.39, 0.29) is 12.8 Å². The summed E-state index contributed by atoms with van der Waals surface area (Å²) in [4.78, 5) is 39.6. The summed E-state index contributed by atoms with van der Waals surface area (Å²) in [7, 11) is 3.55. The fourth-order valence-electron chi connectivity index (χ4n) is 1.59. The quantitative estimate of drug-likeness (QED) is 0.628. The van der Waals surface area contributed by atoms with Crippen LogP contribution in [-0.2, 0) is 9.59 Å². The number of nitrogens with one attached hydrogen (secondary N) is 1. The van der Waals surface area contributed by atoms with Crippen molar-refractivity contribution in [2.24, 2.45) is 5.73 Å². The Morgan fingerprint density at radius 3 is 2.62 bits per heavy atom. The van der Waals surface area contributed by atoms with Gasteiger partial charge in [0.2, 0.25) is 5.91 Å². The second-order valence-corrected chi connectivity index (χ2v) is 4.67. The Balaban J connectivity index is 2.79. The van der Waals surface area contributed by atoms with E-state index in [1.807, 2.05) is 0 Å². The van der Waals surface area contributed by atoms with Crippen LogP contribution < -0.4 is 16.0 Å². The number of carbonyl (C=O) groups excluding carboxylic acids is 2. The maximum atomic E-state index is 12.0. The molecule has 4 N–H and O–H groups in total. The molecule has 21 heavy (non-hydrogen) atoms.